The maximum atomic E-state index is 12.6. The van der Waals surface area contributed by atoms with Crippen LogP contribution in [0.5, 0.6) is 0 Å². The van der Waals surface area contributed by atoms with Gasteiger partial charge in [0.1, 0.15) is 0 Å². The van der Waals surface area contributed by atoms with E-state index in [0.29, 0.717) is 21.3 Å². The first-order valence-electron chi connectivity index (χ1n) is 6.59. The van der Waals surface area contributed by atoms with Gasteiger partial charge in [-0.3, -0.25) is 4.79 Å². The number of halogens is 2. The monoisotopic (exact) mass is 387 g/mol. The highest BCUT2D eigenvalue weighted by Crippen LogP contribution is 2.35. The summed E-state index contributed by atoms with van der Waals surface area (Å²) in [6, 6.07) is 9.52. The first-order chi connectivity index (χ1) is 10.9. The maximum absolute atomic E-state index is 12.6. The fourth-order valence-corrected chi connectivity index (χ4v) is 5.23. The third-order valence-corrected chi connectivity index (χ3v) is 6.75. The van der Waals surface area contributed by atoms with Gasteiger partial charge in [0.15, 0.2) is 9.84 Å². The van der Waals surface area contributed by atoms with E-state index in [4.69, 9.17) is 23.2 Å². The molecule has 0 fully saturated rings. The molecule has 1 aliphatic rings. The molecular weight excluding hydrogens is 377 g/mol. The van der Waals surface area contributed by atoms with Crippen molar-refractivity contribution >= 4 is 56.4 Å². The summed E-state index contributed by atoms with van der Waals surface area (Å²) in [5, 5.41) is 3.35. The zero-order valence-electron chi connectivity index (χ0n) is 11.7. The third-order valence-electron chi connectivity index (χ3n) is 3.34. The zero-order chi connectivity index (χ0) is 16.6. The lowest BCUT2D eigenvalue weighted by Gasteiger charge is -2.17. The van der Waals surface area contributed by atoms with Crippen LogP contribution in [0.2, 0.25) is 10.0 Å². The van der Waals surface area contributed by atoms with Gasteiger partial charge in [-0.1, -0.05) is 29.3 Å². The number of fused-ring (bicyclic) bond motifs is 1. The van der Waals surface area contributed by atoms with Crippen molar-refractivity contribution in [1.82, 2.24) is 0 Å². The van der Waals surface area contributed by atoms with Crippen molar-refractivity contribution in [1.29, 1.82) is 0 Å². The molecule has 0 bridgehead atoms. The van der Waals surface area contributed by atoms with Crippen LogP contribution in [-0.2, 0) is 20.4 Å². The van der Waals surface area contributed by atoms with Crippen molar-refractivity contribution < 1.29 is 13.2 Å². The molecule has 0 spiro atoms. The second-order valence-electron chi connectivity index (χ2n) is 4.95. The summed E-state index contributed by atoms with van der Waals surface area (Å²) in [6.07, 6.45) is 0. The van der Waals surface area contributed by atoms with E-state index in [1.54, 1.807) is 30.3 Å². The van der Waals surface area contributed by atoms with Crippen LogP contribution in [0.3, 0.4) is 0 Å². The van der Waals surface area contributed by atoms with E-state index in [9.17, 15) is 13.2 Å². The first-order valence-corrected chi connectivity index (χ1v) is 9.98. The summed E-state index contributed by atoms with van der Waals surface area (Å²) >= 11 is 13.4. The number of hydrogen-bond donors (Lipinski definition) is 1. The van der Waals surface area contributed by atoms with Crippen LogP contribution in [0.15, 0.2) is 46.2 Å². The molecule has 2 aromatic carbocycles. The van der Waals surface area contributed by atoms with E-state index < -0.39 is 9.84 Å². The average Bonchev–Trinajstić information content (AvgIpc) is 2.50. The Morgan fingerprint density at radius 3 is 2.52 bits per heavy atom. The van der Waals surface area contributed by atoms with Gasteiger partial charge >= 0.3 is 0 Å². The number of rotatable bonds is 3. The molecule has 0 aromatic heterocycles. The lowest BCUT2D eigenvalue weighted by molar-refractivity contribution is -0.113. The Hall–Kier alpha value is -1.21. The summed E-state index contributed by atoms with van der Waals surface area (Å²) < 4.78 is 25.3. The van der Waals surface area contributed by atoms with Gasteiger partial charge < -0.3 is 5.32 Å². The Labute approximate surface area is 148 Å². The van der Waals surface area contributed by atoms with Crippen LogP contribution in [-0.4, -0.2) is 20.1 Å². The number of carbonyl (C=O) groups is 1. The van der Waals surface area contributed by atoms with Crippen LogP contribution in [0, 0.1) is 0 Å². The molecule has 23 heavy (non-hydrogen) atoms. The molecule has 4 nitrogen and oxygen atoms in total. The minimum absolute atomic E-state index is 0.0963. The molecule has 1 N–H and O–H groups in total. The standard InChI is InChI=1S/C15H11Cl2NO3S2/c16-11-2-1-3-12(17)10(11)8-23(20,21)9-4-5-13-14(6-9)22-7-15(19)18-13/h1-6H,7-8H2,(H,18,19). The summed E-state index contributed by atoms with van der Waals surface area (Å²) in [5.74, 6) is -0.102. The van der Waals surface area contributed by atoms with Gasteiger partial charge in [0.25, 0.3) is 0 Å². The molecule has 0 aliphatic carbocycles. The van der Waals surface area contributed by atoms with Crippen LogP contribution in [0.4, 0.5) is 5.69 Å². The summed E-state index contributed by atoms with van der Waals surface area (Å²) in [7, 11) is -3.60. The average molecular weight is 388 g/mol. The summed E-state index contributed by atoms with van der Waals surface area (Å²) in [6.45, 7) is 0. The predicted octanol–water partition coefficient (Wildman–Crippen LogP) is 4.01. The minimum atomic E-state index is -3.60. The van der Waals surface area contributed by atoms with Crippen LogP contribution >= 0.6 is 35.0 Å². The molecule has 0 atom stereocenters. The van der Waals surface area contributed by atoms with E-state index in [0.717, 1.165) is 4.90 Å². The summed E-state index contributed by atoms with van der Waals surface area (Å²) in [5.41, 5.74) is 1.01. The molecule has 1 aliphatic heterocycles. The number of amides is 1. The molecule has 3 rings (SSSR count). The fourth-order valence-electron chi connectivity index (χ4n) is 2.19. The normalized spacial score (nSPS) is 14.3. The van der Waals surface area contributed by atoms with Gasteiger partial charge in [-0.25, -0.2) is 8.42 Å². The molecule has 0 saturated carbocycles. The van der Waals surface area contributed by atoms with Crippen molar-refractivity contribution in [3.8, 4) is 0 Å². The molecule has 2 aromatic rings. The number of anilines is 1. The number of benzene rings is 2. The minimum Gasteiger partial charge on any atom is -0.324 e. The van der Waals surface area contributed by atoms with Gasteiger partial charge in [-0.15, -0.1) is 11.8 Å². The van der Waals surface area contributed by atoms with E-state index >= 15 is 0 Å². The van der Waals surface area contributed by atoms with E-state index in [1.165, 1.54) is 17.8 Å². The zero-order valence-corrected chi connectivity index (χ0v) is 14.8. The molecule has 0 saturated heterocycles. The Bertz CT molecular complexity index is 877. The topological polar surface area (TPSA) is 63.2 Å². The molecular formula is C15H11Cl2NO3S2. The van der Waals surface area contributed by atoms with E-state index in [2.05, 4.69) is 5.32 Å². The van der Waals surface area contributed by atoms with Gasteiger partial charge in [0, 0.05) is 20.5 Å². The highest BCUT2D eigenvalue weighted by molar-refractivity contribution is 8.00. The summed E-state index contributed by atoms with van der Waals surface area (Å²) in [4.78, 5) is 12.3. The number of nitrogens with one attached hydrogen (secondary N) is 1. The molecule has 1 heterocycles. The van der Waals surface area contributed by atoms with E-state index in [1.807, 2.05) is 0 Å². The number of hydrogen-bond acceptors (Lipinski definition) is 4. The largest absolute Gasteiger partial charge is 0.324 e. The van der Waals surface area contributed by atoms with Crippen molar-refractivity contribution in [3.05, 3.63) is 52.0 Å². The lowest BCUT2D eigenvalue weighted by Crippen LogP contribution is -2.19. The second kappa shape index (κ2) is 6.36. The number of carbonyl (C=O) groups excluding carboxylic acids is 1. The van der Waals surface area contributed by atoms with Gasteiger partial charge in [0.05, 0.1) is 22.1 Å². The smallest absolute Gasteiger partial charge is 0.234 e. The first kappa shape index (κ1) is 16.6. The van der Waals surface area contributed by atoms with Crippen molar-refractivity contribution in [2.45, 2.75) is 15.5 Å². The van der Waals surface area contributed by atoms with Crippen LogP contribution < -0.4 is 5.32 Å². The molecule has 1 amide bonds. The maximum Gasteiger partial charge on any atom is 0.234 e. The van der Waals surface area contributed by atoms with Crippen molar-refractivity contribution in [2.24, 2.45) is 0 Å². The molecule has 120 valence electrons. The Morgan fingerprint density at radius 2 is 1.83 bits per heavy atom. The molecule has 0 radical (unpaired) electrons. The Morgan fingerprint density at radius 1 is 1.13 bits per heavy atom. The Kier molecular flexibility index (Phi) is 4.60. The highest BCUT2D eigenvalue weighted by Gasteiger charge is 2.22. The van der Waals surface area contributed by atoms with Crippen LogP contribution in [0.1, 0.15) is 5.56 Å². The van der Waals surface area contributed by atoms with Crippen molar-refractivity contribution in [2.75, 3.05) is 11.1 Å². The van der Waals surface area contributed by atoms with Crippen molar-refractivity contribution in [3.63, 3.8) is 0 Å². The number of sulfone groups is 1. The number of thioether (sulfide) groups is 1. The lowest BCUT2D eigenvalue weighted by atomic mass is 10.2. The van der Waals surface area contributed by atoms with Gasteiger partial charge in [0.2, 0.25) is 5.91 Å². The van der Waals surface area contributed by atoms with Gasteiger partial charge in [-0.05, 0) is 30.3 Å². The third kappa shape index (κ3) is 3.50. The quantitative estimate of drug-likeness (QED) is 0.863. The van der Waals surface area contributed by atoms with E-state index in [-0.39, 0.29) is 22.3 Å². The SMILES string of the molecule is O=C1CSc2cc(S(=O)(=O)Cc3c(Cl)cccc3Cl)ccc2N1. The fraction of sp³-hybridized carbons (Fsp3) is 0.133. The predicted molar refractivity (Wildman–Crippen MR) is 93.1 cm³/mol. The highest BCUT2D eigenvalue weighted by atomic mass is 35.5. The molecule has 0 unspecified atom stereocenters. The van der Waals surface area contributed by atoms with Gasteiger partial charge in [-0.2, -0.15) is 0 Å². The molecule has 8 heteroatoms. The van der Waals surface area contributed by atoms with Crippen LogP contribution in [0.25, 0.3) is 0 Å². The Balaban J connectivity index is 1.96. The second-order valence-corrected chi connectivity index (χ2v) is 8.78.